The molecule has 1 N–H and O–H groups in total. The predicted molar refractivity (Wildman–Crippen MR) is 59.7 cm³/mol. The highest BCUT2D eigenvalue weighted by Gasteiger charge is 2.06. The van der Waals surface area contributed by atoms with Crippen LogP contribution < -0.4 is 5.32 Å². The van der Waals surface area contributed by atoms with Crippen LogP contribution in [0.1, 0.15) is 11.4 Å². The van der Waals surface area contributed by atoms with Crippen LogP contribution >= 0.6 is 11.6 Å². The molecule has 0 aliphatic carbocycles. The quantitative estimate of drug-likeness (QED) is 0.845. The lowest BCUT2D eigenvalue weighted by molar-refractivity contribution is -0.121. The minimum Gasteiger partial charge on any atom is -0.350 e. The average Bonchev–Trinajstić information content (AvgIpc) is 2.42. The molecule has 1 heterocycles. The fraction of sp³-hybridized carbons (Fsp3) is 0.400. The van der Waals surface area contributed by atoms with E-state index in [-0.39, 0.29) is 12.5 Å². The molecule has 4 nitrogen and oxygen atoms in total. The van der Waals surface area contributed by atoms with Gasteiger partial charge in [0.05, 0.1) is 12.2 Å². The zero-order valence-corrected chi connectivity index (χ0v) is 9.64. The van der Waals surface area contributed by atoms with Crippen molar-refractivity contribution in [3.05, 3.63) is 29.1 Å². The number of halogens is 1. The van der Waals surface area contributed by atoms with E-state index in [9.17, 15) is 4.79 Å². The Labute approximate surface area is 93.9 Å². The SMILES string of the molecule is C=C(Cl)CNC(=O)Cn1nc(C)cc1C. The first kappa shape index (κ1) is 11.8. The molecule has 0 aromatic carbocycles. The third-order valence-electron chi connectivity index (χ3n) is 1.87. The molecule has 1 amide bonds. The van der Waals surface area contributed by atoms with Crippen LogP contribution in [-0.4, -0.2) is 22.2 Å². The van der Waals surface area contributed by atoms with Crippen molar-refractivity contribution in [3.63, 3.8) is 0 Å². The minimum atomic E-state index is -0.122. The van der Waals surface area contributed by atoms with Crippen LogP contribution in [0.4, 0.5) is 0 Å². The molecule has 15 heavy (non-hydrogen) atoms. The second kappa shape index (κ2) is 4.98. The molecular formula is C10H14ClN3O. The van der Waals surface area contributed by atoms with Crippen LogP contribution in [0.5, 0.6) is 0 Å². The Morgan fingerprint density at radius 1 is 1.67 bits per heavy atom. The molecule has 0 unspecified atom stereocenters. The van der Waals surface area contributed by atoms with Crippen molar-refractivity contribution in [1.82, 2.24) is 15.1 Å². The number of rotatable bonds is 4. The van der Waals surface area contributed by atoms with Gasteiger partial charge in [0.1, 0.15) is 6.54 Å². The summed E-state index contributed by atoms with van der Waals surface area (Å²) >= 11 is 5.53. The highest BCUT2D eigenvalue weighted by molar-refractivity contribution is 6.29. The zero-order chi connectivity index (χ0) is 11.4. The number of aromatic nitrogens is 2. The summed E-state index contributed by atoms with van der Waals surface area (Å²) in [5.41, 5.74) is 1.87. The van der Waals surface area contributed by atoms with Gasteiger partial charge >= 0.3 is 0 Å². The molecule has 0 saturated carbocycles. The van der Waals surface area contributed by atoms with Gasteiger partial charge in [-0.2, -0.15) is 5.10 Å². The number of carbonyl (C=O) groups excluding carboxylic acids is 1. The van der Waals surface area contributed by atoms with E-state index in [1.165, 1.54) is 0 Å². The number of nitrogens with one attached hydrogen (secondary N) is 1. The molecule has 0 aliphatic rings. The molecule has 0 radical (unpaired) electrons. The lowest BCUT2D eigenvalue weighted by atomic mass is 10.4. The summed E-state index contributed by atoms with van der Waals surface area (Å²) in [5.74, 6) is -0.122. The van der Waals surface area contributed by atoms with Gasteiger partial charge in [0.2, 0.25) is 5.91 Å². The molecule has 1 aromatic heterocycles. The summed E-state index contributed by atoms with van der Waals surface area (Å²) in [6.07, 6.45) is 0. The summed E-state index contributed by atoms with van der Waals surface area (Å²) in [7, 11) is 0. The van der Waals surface area contributed by atoms with Crippen molar-refractivity contribution in [2.45, 2.75) is 20.4 Å². The third kappa shape index (κ3) is 3.75. The Hall–Kier alpha value is -1.29. The van der Waals surface area contributed by atoms with Gasteiger partial charge in [0.15, 0.2) is 0 Å². The largest absolute Gasteiger partial charge is 0.350 e. The van der Waals surface area contributed by atoms with E-state index >= 15 is 0 Å². The molecule has 1 rings (SSSR count). The molecule has 82 valence electrons. The minimum absolute atomic E-state index is 0.122. The molecule has 0 atom stereocenters. The Bertz CT molecular complexity index is 384. The highest BCUT2D eigenvalue weighted by atomic mass is 35.5. The van der Waals surface area contributed by atoms with E-state index in [0.29, 0.717) is 11.6 Å². The van der Waals surface area contributed by atoms with Crippen LogP contribution in [0.15, 0.2) is 17.7 Å². The van der Waals surface area contributed by atoms with Crippen LogP contribution in [0, 0.1) is 13.8 Å². The van der Waals surface area contributed by atoms with Crippen LogP contribution in [0.3, 0.4) is 0 Å². The number of nitrogens with zero attached hydrogens (tertiary/aromatic N) is 2. The summed E-state index contributed by atoms with van der Waals surface area (Å²) in [4.78, 5) is 11.4. The average molecular weight is 228 g/mol. The summed E-state index contributed by atoms with van der Waals surface area (Å²) in [6, 6.07) is 1.92. The van der Waals surface area contributed by atoms with Gasteiger partial charge < -0.3 is 5.32 Å². The fourth-order valence-corrected chi connectivity index (χ4v) is 1.29. The number of amides is 1. The van der Waals surface area contributed by atoms with Crippen molar-refractivity contribution in [3.8, 4) is 0 Å². The van der Waals surface area contributed by atoms with E-state index in [0.717, 1.165) is 11.4 Å². The van der Waals surface area contributed by atoms with E-state index in [4.69, 9.17) is 11.6 Å². The number of hydrogen-bond acceptors (Lipinski definition) is 2. The van der Waals surface area contributed by atoms with Crippen LogP contribution in [-0.2, 0) is 11.3 Å². The second-order valence-corrected chi connectivity index (χ2v) is 3.91. The van der Waals surface area contributed by atoms with E-state index in [2.05, 4.69) is 17.0 Å². The van der Waals surface area contributed by atoms with Crippen molar-refractivity contribution < 1.29 is 4.79 Å². The Morgan fingerprint density at radius 3 is 2.80 bits per heavy atom. The zero-order valence-electron chi connectivity index (χ0n) is 8.88. The van der Waals surface area contributed by atoms with Gasteiger partial charge in [0.25, 0.3) is 0 Å². The number of aryl methyl sites for hydroxylation is 2. The first-order valence-electron chi connectivity index (χ1n) is 4.60. The molecule has 5 heteroatoms. The molecular weight excluding hydrogens is 214 g/mol. The van der Waals surface area contributed by atoms with E-state index in [1.807, 2.05) is 19.9 Å². The molecule has 0 bridgehead atoms. The van der Waals surface area contributed by atoms with Crippen molar-refractivity contribution in [2.24, 2.45) is 0 Å². The van der Waals surface area contributed by atoms with Gasteiger partial charge in [0, 0.05) is 10.7 Å². The van der Waals surface area contributed by atoms with Crippen molar-refractivity contribution >= 4 is 17.5 Å². The molecule has 0 aliphatic heterocycles. The normalized spacial score (nSPS) is 10.1. The summed E-state index contributed by atoms with van der Waals surface area (Å²) in [6.45, 7) is 7.79. The van der Waals surface area contributed by atoms with Gasteiger partial charge in [-0.3, -0.25) is 9.48 Å². The van der Waals surface area contributed by atoms with Gasteiger partial charge in [-0.15, -0.1) is 0 Å². The van der Waals surface area contributed by atoms with E-state index in [1.54, 1.807) is 4.68 Å². The molecule has 0 spiro atoms. The number of carbonyl (C=O) groups is 1. The van der Waals surface area contributed by atoms with Crippen molar-refractivity contribution in [2.75, 3.05) is 6.54 Å². The predicted octanol–water partition coefficient (Wildman–Crippen LogP) is 1.37. The fourth-order valence-electron chi connectivity index (χ4n) is 1.22. The van der Waals surface area contributed by atoms with Gasteiger partial charge in [-0.1, -0.05) is 18.2 Å². The Morgan fingerprint density at radius 2 is 2.33 bits per heavy atom. The smallest absolute Gasteiger partial charge is 0.242 e. The maximum atomic E-state index is 11.4. The molecule has 0 fully saturated rings. The molecule has 1 aromatic rings. The Balaban J connectivity index is 2.51. The summed E-state index contributed by atoms with van der Waals surface area (Å²) in [5, 5.41) is 7.23. The van der Waals surface area contributed by atoms with Gasteiger partial charge in [-0.25, -0.2) is 0 Å². The first-order valence-corrected chi connectivity index (χ1v) is 4.98. The highest BCUT2D eigenvalue weighted by Crippen LogP contribution is 2.01. The van der Waals surface area contributed by atoms with Crippen LogP contribution in [0.2, 0.25) is 0 Å². The first-order chi connectivity index (χ1) is 6.99. The monoisotopic (exact) mass is 227 g/mol. The lowest BCUT2D eigenvalue weighted by Crippen LogP contribution is -2.29. The third-order valence-corrected chi connectivity index (χ3v) is 2.01. The summed E-state index contributed by atoms with van der Waals surface area (Å²) < 4.78 is 1.65. The van der Waals surface area contributed by atoms with Gasteiger partial charge in [-0.05, 0) is 19.9 Å². The van der Waals surface area contributed by atoms with Crippen molar-refractivity contribution in [1.29, 1.82) is 0 Å². The topological polar surface area (TPSA) is 46.9 Å². The molecule has 0 saturated heterocycles. The Kier molecular flexibility index (Phi) is 3.91. The second-order valence-electron chi connectivity index (χ2n) is 3.38. The standard InChI is InChI=1S/C10H14ClN3O/c1-7(11)5-12-10(15)6-14-9(3)4-8(2)13-14/h4H,1,5-6H2,2-3H3,(H,12,15). The maximum Gasteiger partial charge on any atom is 0.242 e. The lowest BCUT2D eigenvalue weighted by Gasteiger charge is -2.05. The van der Waals surface area contributed by atoms with E-state index < -0.39 is 0 Å². The maximum absolute atomic E-state index is 11.4. The van der Waals surface area contributed by atoms with Crippen LogP contribution in [0.25, 0.3) is 0 Å². The number of hydrogen-bond donors (Lipinski definition) is 1.